The highest BCUT2D eigenvalue weighted by Gasteiger charge is 2.41. The largest absolute Gasteiger partial charge is 0.309 e. The Balaban J connectivity index is 0.000000111. The Bertz CT molecular complexity index is 7400. The van der Waals surface area contributed by atoms with Crippen LogP contribution in [-0.4, -0.2) is 28.7 Å². The van der Waals surface area contributed by atoms with E-state index < -0.39 is 0 Å². The Labute approximate surface area is 661 Å². The van der Waals surface area contributed by atoms with Crippen molar-refractivity contribution in [3.05, 3.63) is 384 Å². The molecule has 3 aliphatic carbocycles. The molecule has 0 radical (unpaired) electrons. The zero-order valence-corrected chi connectivity index (χ0v) is 63.8. The van der Waals surface area contributed by atoms with E-state index in [1.165, 1.54) is 132 Å². The van der Waals surface area contributed by atoms with Crippen molar-refractivity contribution in [3.63, 3.8) is 0 Å². The number of aromatic nitrogens is 6. The van der Waals surface area contributed by atoms with Gasteiger partial charge in [0.2, 0.25) is 0 Å². The molecule has 0 unspecified atom stereocenters. The zero-order chi connectivity index (χ0) is 77.3. The molecule has 0 atom stereocenters. The van der Waals surface area contributed by atoms with Crippen LogP contribution in [0.1, 0.15) is 91.9 Å². The third kappa shape index (κ3) is 10.6. The van der Waals surface area contributed by atoms with E-state index in [1.54, 1.807) is 24.7 Å². The predicted octanol–water partition coefficient (Wildman–Crippen LogP) is 25.7. The number of fused-ring (bicyclic) bond motifs is 21. The molecule has 6 heterocycles. The van der Waals surface area contributed by atoms with Gasteiger partial charge in [-0.3, -0.25) is 4.98 Å². The summed E-state index contributed by atoms with van der Waals surface area (Å²) in [5.74, 6) is 0. The maximum Gasteiger partial charge on any atom is 0.141 e. The van der Waals surface area contributed by atoms with Crippen LogP contribution in [0.2, 0.25) is 0 Å². The molecule has 0 fully saturated rings. The zero-order valence-electron chi connectivity index (χ0n) is 63.8. The monoisotopic (exact) mass is 1460 g/mol. The summed E-state index contributed by atoms with van der Waals surface area (Å²) in [7, 11) is 0. The summed E-state index contributed by atoms with van der Waals surface area (Å²) in [6.45, 7) is 14.1. The first-order chi connectivity index (χ1) is 55.7. The van der Waals surface area contributed by atoms with Gasteiger partial charge in [-0.1, -0.05) is 248 Å². The minimum atomic E-state index is -0.0977. The number of nitrogens with zero attached hydrogens (tertiary/aromatic N) is 9. The molecule has 0 saturated heterocycles. The third-order valence-electron chi connectivity index (χ3n) is 24.2. The number of nitriles is 3. The first kappa shape index (κ1) is 68.5. The lowest BCUT2D eigenvalue weighted by molar-refractivity contribution is 0.666. The molecule has 0 bridgehead atoms. The lowest BCUT2D eigenvalue weighted by Gasteiger charge is -2.22. The van der Waals surface area contributed by atoms with E-state index in [9.17, 15) is 15.8 Å². The van der Waals surface area contributed by atoms with Crippen molar-refractivity contribution in [1.29, 1.82) is 15.8 Å². The molecule has 0 spiro atoms. The van der Waals surface area contributed by atoms with Gasteiger partial charge in [-0.15, -0.1) is 0 Å². The van der Waals surface area contributed by atoms with Crippen LogP contribution in [0.15, 0.2) is 334 Å². The van der Waals surface area contributed by atoms with Crippen LogP contribution in [0.25, 0.3) is 160 Å². The van der Waals surface area contributed by atoms with Crippen molar-refractivity contribution >= 4 is 65.4 Å². The summed E-state index contributed by atoms with van der Waals surface area (Å²) >= 11 is 0. The third-order valence-corrected chi connectivity index (χ3v) is 24.2. The maximum absolute atomic E-state index is 9.63. The smallest absolute Gasteiger partial charge is 0.141 e. The van der Waals surface area contributed by atoms with Crippen LogP contribution < -0.4 is 0 Å². The molecule has 538 valence electrons. The van der Waals surface area contributed by atoms with Gasteiger partial charge in [-0.2, -0.15) is 15.8 Å². The molecular formula is C105H73N9. The van der Waals surface area contributed by atoms with Crippen molar-refractivity contribution < 1.29 is 0 Å². The van der Waals surface area contributed by atoms with Crippen molar-refractivity contribution in [2.75, 3.05) is 0 Å². The Morgan fingerprint density at radius 2 is 0.667 bits per heavy atom. The minimum absolute atomic E-state index is 0.0903. The van der Waals surface area contributed by atoms with Gasteiger partial charge in [-0.25, -0.2) is 9.97 Å². The van der Waals surface area contributed by atoms with Crippen molar-refractivity contribution in [2.45, 2.75) is 57.8 Å². The standard InChI is InChI=1S/C39H27N3.2C33H23N3/c1-39(2)33-17-5-3-15-30(33)31-20-21-36-37(38(31)39)32-16-4-6-19-35(32)42(36)29-14-8-11-26(23-29)25-10-7-12-27(22-25)34-18-9-13-28(24-40)41-34;1-33(2)28-12-5-3-10-25(28)26-14-15-30-31(32(26)33)27-11-4-6-13-29(27)36(30)24-9-7-8-21(19-24)22-16-17-35-23(18-22)20-34;1-33(2)28-12-5-3-10-25(28)26-14-15-30-31(32(26)33)27-11-4-6-13-29(27)36(30)23-9-7-8-21(18-23)24-16-17-35-20-22(24)19-34/h3-23H,1-2H3;3-19H,1-2H3;3-18,20H,1-2H3. The van der Waals surface area contributed by atoms with Gasteiger partial charge in [0.1, 0.15) is 29.6 Å². The fourth-order valence-corrected chi connectivity index (χ4v) is 19.2. The highest BCUT2D eigenvalue weighted by atomic mass is 15.0. The Morgan fingerprint density at radius 3 is 1.12 bits per heavy atom. The summed E-state index contributed by atoms with van der Waals surface area (Å²) < 4.78 is 7.15. The second-order valence-corrected chi connectivity index (χ2v) is 31.5. The SMILES string of the molecule is CC1(C)c2ccccc2-c2ccc3c(c21)c1ccccc1n3-c1cccc(-c2cccc(-c3cccc(C#N)n3)c2)c1.CC1(C)c2ccccc2-c2ccc3c(c21)c1ccccc1n3-c1cccc(-c2ccnc(C#N)c2)c1.CC1(C)c2ccccc2-c2ccc3c(c21)c1ccccc1n3-c1cccc(-c2ccncc2C#N)c1. The van der Waals surface area contributed by atoms with Crippen LogP contribution in [0.4, 0.5) is 0 Å². The predicted molar refractivity (Wildman–Crippen MR) is 464 cm³/mol. The van der Waals surface area contributed by atoms with E-state index in [0.717, 1.165) is 61.7 Å². The van der Waals surface area contributed by atoms with Gasteiger partial charge in [0.25, 0.3) is 0 Å². The minimum Gasteiger partial charge on any atom is -0.309 e. The van der Waals surface area contributed by atoms with Crippen LogP contribution in [0.5, 0.6) is 0 Å². The second-order valence-electron chi connectivity index (χ2n) is 31.5. The van der Waals surface area contributed by atoms with E-state index in [1.807, 2.05) is 36.4 Å². The van der Waals surface area contributed by atoms with E-state index >= 15 is 0 Å². The topological polar surface area (TPSA) is 125 Å². The van der Waals surface area contributed by atoms with Crippen molar-refractivity contribution in [2.24, 2.45) is 0 Å². The molecule has 114 heavy (non-hydrogen) atoms. The summed E-state index contributed by atoms with van der Waals surface area (Å²) in [6, 6.07) is 118. The molecule has 22 rings (SSSR count). The number of pyridine rings is 3. The molecule has 13 aromatic carbocycles. The van der Waals surface area contributed by atoms with Crippen molar-refractivity contribution in [3.8, 4) is 113 Å². The number of benzene rings is 13. The van der Waals surface area contributed by atoms with E-state index in [4.69, 9.17) is 0 Å². The Kier molecular flexibility index (Phi) is 15.9. The highest BCUT2D eigenvalue weighted by Crippen LogP contribution is 2.57. The van der Waals surface area contributed by atoms with E-state index in [0.29, 0.717) is 17.0 Å². The fraction of sp³-hybridized carbons (Fsp3) is 0.0857. The molecule has 0 N–H and O–H groups in total. The number of hydrogen-bond acceptors (Lipinski definition) is 6. The Hall–Kier alpha value is -14.8. The molecule has 6 aromatic heterocycles. The average molecular weight is 1460 g/mol. The molecule has 0 aliphatic heterocycles. The molecule has 0 saturated carbocycles. The van der Waals surface area contributed by atoms with Crippen LogP contribution in [-0.2, 0) is 16.2 Å². The average Bonchev–Trinajstić information content (AvgIpc) is 1.55. The lowest BCUT2D eigenvalue weighted by atomic mass is 9.80. The highest BCUT2D eigenvalue weighted by molar-refractivity contribution is 6.17. The van der Waals surface area contributed by atoms with E-state index in [-0.39, 0.29) is 16.2 Å². The summed E-state index contributed by atoms with van der Waals surface area (Å²) in [4.78, 5) is 12.8. The van der Waals surface area contributed by atoms with Gasteiger partial charge < -0.3 is 13.7 Å². The van der Waals surface area contributed by atoms with Gasteiger partial charge in [-0.05, 0) is 204 Å². The van der Waals surface area contributed by atoms with Gasteiger partial charge in [0.15, 0.2) is 0 Å². The van der Waals surface area contributed by atoms with Crippen LogP contribution >= 0.6 is 0 Å². The lowest BCUT2D eigenvalue weighted by Crippen LogP contribution is -2.15. The quantitative estimate of drug-likeness (QED) is 0.156. The summed E-state index contributed by atoms with van der Waals surface area (Å²) in [6.07, 6.45) is 5.07. The first-order valence-electron chi connectivity index (χ1n) is 38.7. The molecule has 19 aromatic rings. The summed E-state index contributed by atoms with van der Waals surface area (Å²) in [5.41, 5.74) is 36.0. The number of para-hydroxylation sites is 3. The molecular weight excluding hydrogens is 1390 g/mol. The first-order valence-corrected chi connectivity index (χ1v) is 38.7. The number of hydrogen-bond donors (Lipinski definition) is 0. The van der Waals surface area contributed by atoms with E-state index in [2.05, 4.69) is 361 Å². The normalized spacial score (nSPS) is 13.4. The molecule has 9 heteroatoms. The maximum atomic E-state index is 9.63. The second kappa shape index (κ2) is 26.5. The molecule has 9 nitrogen and oxygen atoms in total. The van der Waals surface area contributed by atoms with Crippen LogP contribution in [0, 0.1) is 34.0 Å². The molecule has 3 aliphatic rings. The van der Waals surface area contributed by atoms with Gasteiger partial charge in [0, 0.05) is 95.3 Å². The fourth-order valence-electron chi connectivity index (χ4n) is 19.2. The van der Waals surface area contributed by atoms with Gasteiger partial charge >= 0.3 is 0 Å². The Morgan fingerprint density at radius 1 is 0.281 bits per heavy atom. The summed E-state index contributed by atoms with van der Waals surface area (Å²) in [5, 5.41) is 36.1. The molecule has 0 amide bonds. The number of rotatable bonds is 7. The van der Waals surface area contributed by atoms with Crippen molar-refractivity contribution in [1.82, 2.24) is 28.7 Å². The van der Waals surface area contributed by atoms with Crippen LogP contribution in [0.3, 0.4) is 0 Å². The van der Waals surface area contributed by atoms with Gasteiger partial charge in [0.05, 0.1) is 44.4 Å².